The Labute approximate surface area is 125 Å². The van der Waals surface area contributed by atoms with Crippen molar-refractivity contribution in [1.29, 1.82) is 0 Å². The maximum atomic E-state index is 5.81. The van der Waals surface area contributed by atoms with Gasteiger partial charge in [0.15, 0.2) is 0 Å². The Morgan fingerprint density at radius 1 is 1.24 bits per heavy atom. The molecule has 0 amide bonds. The first-order valence-corrected chi connectivity index (χ1v) is 7.34. The lowest BCUT2D eigenvalue weighted by Gasteiger charge is -2.22. The van der Waals surface area contributed by atoms with Gasteiger partial charge in [-0.2, -0.15) is 0 Å². The molecule has 0 saturated carbocycles. The molecule has 0 aliphatic carbocycles. The third-order valence-corrected chi connectivity index (χ3v) is 3.82. The molecule has 1 aromatic heterocycles. The van der Waals surface area contributed by atoms with Crippen molar-refractivity contribution in [2.24, 2.45) is 0 Å². The molecule has 0 bridgehead atoms. The van der Waals surface area contributed by atoms with E-state index in [4.69, 9.17) is 9.72 Å². The molecule has 2 heterocycles. The molecule has 1 N–H and O–H groups in total. The van der Waals surface area contributed by atoms with Gasteiger partial charge in [-0.1, -0.05) is 24.3 Å². The molecule has 3 rings (SSSR count). The highest BCUT2D eigenvalue weighted by molar-refractivity contribution is 5.45. The SMILES string of the molecule is CNCc1ccc(N2CCOc3ccccc3C2)nc1C. The van der Waals surface area contributed by atoms with E-state index in [0.717, 1.165) is 36.9 Å². The number of nitrogens with one attached hydrogen (secondary N) is 1. The predicted molar refractivity (Wildman–Crippen MR) is 84.7 cm³/mol. The van der Waals surface area contributed by atoms with Gasteiger partial charge in [0.1, 0.15) is 18.2 Å². The molecular weight excluding hydrogens is 262 g/mol. The van der Waals surface area contributed by atoms with E-state index in [9.17, 15) is 0 Å². The van der Waals surface area contributed by atoms with Crippen molar-refractivity contribution in [1.82, 2.24) is 10.3 Å². The van der Waals surface area contributed by atoms with Crippen LogP contribution in [0.2, 0.25) is 0 Å². The summed E-state index contributed by atoms with van der Waals surface area (Å²) >= 11 is 0. The average molecular weight is 283 g/mol. The van der Waals surface area contributed by atoms with Crippen LogP contribution in [-0.4, -0.2) is 25.2 Å². The summed E-state index contributed by atoms with van der Waals surface area (Å²) in [5.41, 5.74) is 3.54. The van der Waals surface area contributed by atoms with Crippen LogP contribution in [-0.2, 0) is 13.1 Å². The Hall–Kier alpha value is -2.07. The summed E-state index contributed by atoms with van der Waals surface area (Å²) in [5, 5.41) is 3.17. The molecule has 4 nitrogen and oxygen atoms in total. The van der Waals surface area contributed by atoms with Gasteiger partial charge < -0.3 is 15.0 Å². The third-order valence-electron chi connectivity index (χ3n) is 3.82. The largest absolute Gasteiger partial charge is 0.491 e. The Kier molecular flexibility index (Phi) is 4.06. The van der Waals surface area contributed by atoms with Gasteiger partial charge in [0, 0.05) is 24.3 Å². The van der Waals surface area contributed by atoms with Gasteiger partial charge in [-0.05, 0) is 31.7 Å². The first-order chi connectivity index (χ1) is 10.3. The molecule has 1 aliphatic heterocycles. The van der Waals surface area contributed by atoms with Crippen LogP contribution < -0.4 is 15.0 Å². The van der Waals surface area contributed by atoms with Crippen LogP contribution >= 0.6 is 0 Å². The summed E-state index contributed by atoms with van der Waals surface area (Å²) in [4.78, 5) is 7.04. The fourth-order valence-electron chi connectivity index (χ4n) is 2.65. The number of fused-ring (bicyclic) bond motifs is 1. The van der Waals surface area contributed by atoms with E-state index in [1.807, 2.05) is 19.2 Å². The van der Waals surface area contributed by atoms with Gasteiger partial charge in [-0.15, -0.1) is 0 Å². The van der Waals surface area contributed by atoms with Gasteiger partial charge in [-0.25, -0.2) is 4.98 Å². The molecule has 0 unspecified atom stereocenters. The number of aryl methyl sites for hydroxylation is 1. The summed E-state index contributed by atoms with van der Waals surface area (Å²) in [6.07, 6.45) is 0. The Morgan fingerprint density at radius 3 is 2.90 bits per heavy atom. The number of aromatic nitrogens is 1. The standard InChI is InChI=1S/C17H21N3O/c1-13-14(11-18-2)7-8-17(19-13)20-9-10-21-16-6-4-3-5-15(16)12-20/h3-8,18H,9-12H2,1-2H3. The minimum Gasteiger partial charge on any atom is -0.491 e. The topological polar surface area (TPSA) is 37.4 Å². The van der Waals surface area contributed by atoms with E-state index in [1.165, 1.54) is 11.1 Å². The number of anilines is 1. The van der Waals surface area contributed by atoms with Gasteiger partial charge in [0.05, 0.1) is 6.54 Å². The Balaban J connectivity index is 1.85. The molecule has 0 atom stereocenters. The highest BCUT2D eigenvalue weighted by atomic mass is 16.5. The van der Waals surface area contributed by atoms with Crippen LogP contribution in [0.3, 0.4) is 0 Å². The second-order valence-electron chi connectivity index (χ2n) is 5.32. The summed E-state index contributed by atoms with van der Waals surface area (Å²) in [6.45, 7) is 5.31. The zero-order chi connectivity index (χ0) is 14.7. The van der Waals surface area contributed by atoms with E-state index >= 15 is 0 Å². The zero-order valence-corrected chi connectivity index (χ0v) is 12.6. The van der Waals surface area contributed by atoms with Crippen LogP contribution in [0.1, 0.15) is 16.8 Å². The lowest BCUT2D eigenvalue weighted by Crippen LogP contribution is -2.26. The van der Waals surface area contributed by atoms with E-state index in [1.54, 1.807) is 0 Å². The zero-order valence-electron chi connectivity index (χ0n) is 12.6. The summed E-state index contributed by atoms with van der Waals surface area (Å²) in [7, 11) is 1.95. The summed E-state index contributed by atoms with van der Waals surface area (Å²) in [6, 6.07) is 12.5. The number of hydrogen-bond donors (Lipinski definition) is 1. The fraction of sp³-hybridized carbons (Fsp3) is 0.353. The second kappa shape index (κ2) is 6.14. The van der Waals surface area contributed by atoms with Crippen LogP contribution in [0.4, 0.5) is 5.82 Å². The molecule has 110 valence electrons. The highest BCUT2D eigenvalue weighted by Crippen LogP contribution is 2.25. The molecule has 0 saturated heterocycles. The van der Waals surface area contributed by atoms with Crippen molar-refractivity contribution in [2.45, 2.75) is 20.0 Å². The van der Waals surface area contributed by atoms with Crippen LogP contribution in [0.25, 0.3) is 0 Å². The van der Waals surface area contributed by atoms with Gasteiger partial charge >= 0.3 is 0 Å². The Bertz CT molecular complexity index is 627. The van der Waals surface area contributed by atoms with E-state index in [2.05, 4.69) is 41.4 Å². The monoisotopic (exact) mass is 283 g/mol. The van der Waals surface area contributed by atoms with E-state index in [-0.39, 0.29) is 0 Å². The number of ether oxygens (including phenoxy) is 1. The third kappa shape index (κ3) is 3.00. The number of nitrogens with zero attached hydrogens (tertiary/aromatic N) is 2. The van der Waals surface area contributed by atoms with Crippen LogP contribution in [0.5, 0.6) is 5.75 Å². The van der Waals surface area contributed by atoms with Crippen LogP contribution in [0.15, 0.2) is 36.4 Å². The molecule has 0 fully saturated rings. The minimum absolute atomic E-state index is 0.690. The van der Waals surface area contributed by atoms with Crippen LogP contribution in [0, 0.1) is 6.92 Å². The lowest BCUT2D eigenvalue weighted by atomic mass is 10.1. The molecule has 0 radical (unpaired) electrons. The van der Waals surface area contributed by atoms with Crippen molar-refractivity contribution in [3.05, 3.63) is 53.2 Å². The molecule has 1 aromatic carbocycles. The lowest BCUT2D eigenvalue weighted by molar-refractivity contribution is 0.331. The quantitative estimate of drug-likeness (QED) is 0.939. The summed E-state index contributed by atoms with van der Waals surface area (Å²) in [5.74, 6) is 2.01. The van der Waals surface area contributed by atoms with Crippen molar-refractivity contribution in [2.75, 3.05) is 25.1 Å². The number of para-hydroxylation sites is 1. The van der Waals surface area contributed by atoms with Crippen molar-refractivity contribution >= 4 is 5.82 Å². The van der Waals surface area contributed by atoms with E-state index in [0.29, 0.717) is 6.61 Å². The predicted octanol–water partition coefficient (Wildman–Crippen LogP) is 2.51. The second-order valence-corrected chi connectivity index (χ2v) is 5.32. The highest BCUT2D eigenvalue weighted by Gasteiger charge is 2.16. The molecule has 2 aromatic rings. The smallest absolute Gasteiger partial charge is 0.129 e. The molecular formula is C17H21N3O. The number of benzene rings is 1. The fourth-order valence-corrected chi connectivity index (χ4v) is 2.65. The molecule has 1 aliphatic rings. The first-order valence-electron chi connectivity index (χ1n) is 7.34. The van der Waals surface area contributed by atoms with Gasteiger partial charge in [0.25, 0.3) is 0 Å². The maximum Gasteiger partial charge on any atom is 0.129 e. The average Bonchev–Trinajstić information content (AvgIpc) is 2.71. The number of hydrogen-bond acceptors (Lipinski definition) is 4. The van der Waals surface area contributed by atoms with Gasteiger partial charge in [-0.3, -0.25) is 0 Å². The molecule has 4 heteroatoms. The van der Waals surface area contributed by atoms with Gasteiger partial charge in [0.2, 0.25) is 0 Å². The van der Waals surface area contributed by atoms with E-state index < -0.39 is 0 Å². The van der Waals surface area contributed by atoms with Crippen molar-refractivity contribution < 1.29 is 4.74 Å². The Morgan fingerprint density at radius 2 is 2.10 bits per heavy atom. The van der Waals surface area contributed by atoms with Crippen molar-refractivity contribution in [3.63, 3.8) is 0 Å². The number of rotatable bonds is 3. The first kappa shape index (κ1) is 13.9. The van der Waals surface area contributed by atoms with Crippen molar-refractivity contribution in [3.8, 4) is 5.75 Å². The maximum absolute atomic E-state index is 5.81. The number of pyridine rings is 1. The molecule has 0 spiro atoms. The normalized spacial score (nSPS) is 14.3. The summed E-state index contributed by atoms with van der Waals surface area (Å²) < 4.78 is 5.81. The molecule has 21 heavy (non-hydrogen) atoms. The minimum atomic E-state index is 0.690.